The maximum atomic E-state index is 2.40. The number of hydrogen-bond acceptors (Lipinski definition) is 0. The highest BCUT2D eigenvalue weighted by Crippen LogP contribution is 2.32. The van der Waals surface area contributed by atoms with E-state index in [-0.39, 0.29) is 0 Å². The van der Waals surface area contributed by atoms with Crippen LogP contribution in [0.2, 0.25) is 0 Å². The van der Waals surface area contributed by atoms with Crippen LogP contribution in [0.15, 0.2) is 42.6 Å². The van der Waals surface area contributed by atoms with Crippen LogP contribution in [-0.2, 0) is 26.3 Å². The number of fused-ring (bicyclic) bond motifs is 1. The van der Waals surface area contributed by atoms with Crippen molar-refractivity contribution >= 4 is 10.8 Å². The molecule has 0 unspecified atom stereocenters. The minimum atomic E-state index is 0.304. The Kier molecular flexibility index (Phi) is 5.42. The molecule has 1 heteroatoms. The van der Waals surface area contributed by atoms with E-state index in [0.29, 0.717) is 5.41 Å². The van der Waals surface area contributed by atoms with E-state index in [1.807, 2.05) is 0 Å². The molecular weight excluding hydrogens is 326 g/mol. The van der Waals surface area contributed by atoms with Gasteiger partial charge in [0.05, 0.1) is 10.9 Å². The predicted molar refractivity (Wildman–Crippen MR) is 117 cm³/mol. The van der Waals surface area contributed by atoms with Crippen LogP contribution in [0.1, 0.15) is 56.9 Å². The van der Waals surface area contributed by atoms with Gasteiger partial charge in [-0.2, -0.15) is 0 Å². The Labute approximate surface area is 165 Å². The van der Waals surface area contributed by atoms with Gasteiger partial charge in [-0.25, -0.2) is 4.57 Å². The largest absolute Gasteiger partial charge is 0.220 e. The molecule has 0 fully saturated rings. The van der Waals surface area contributed by atoms with Crippen molar-refractivity contribution < 1.29 is 4.57 Å². The van der Waals surface area contributed by atoms with E-state index in [1.54, 1.807) is 0 Å². The van der Waals surface area contributed by atoms with E-state index in [0.717, 1.165) is 19.3 Å². The summed E-state index contributed by atoms with van der Waals surface area (Å²) >= 11 is 0. The minimum Gasteiger partial charge on any atom is -0.200 e. The summed E-state index contributed by atoms with van der Waals surface area (Å²) in [6.07, 6.45) is 5.47. The van der Waals surface area contributed by atoms with Crippen molar-refractivity contribution in [1.29, 1.82) is 0 Å². The molecule has 0 saturated heterocycles. The topological polar surface area (TPSA) is 3.88 Å². The first-order valence-electron chi connectivity index (χ1n) is 10.3. The van der Waals surface area contributed by atoms with Gasteiger partial charge in [0.1, 0.15) is 7.05 Å². The Morgan fingerprint density at radius 3 is 2.26 bits per heavy atom. The second kappa shape index (κ2) is 7.46. The zero-order chi connectivity index (χ0) is 19.8. The molecule has 0 atom stereocenters. The lowest BCUT2D eigenvalue weighted by Gasteiger charge is -2.18. The zero-order valence-electron chi connectivity index (χ0n) is 18.1. The third-order valence-corrected chi connectivity index (χ3v) is 5.56. The van der Waals surface area contributed by atoms with Gasteiger partial charge in [-0.05, 0) is 71.4 Å². The van der Waals surface area contributed by atoms with Crippen LogP contribution in [0.4, 0.5) is 0 Å². The molecule has 0 bridgehead atoms. The van der Waals surface area contributed by atoms with Crippen LogP contribution in [0.3, 0.4) is 0 Å². The van der Waals surface area contributed by atoms with Crippen molar-refractivity contribution in [3.8, 4) is 11.3 Å². The number of pyridine rings is 1. The third kappa shape index (κ3) is 4.08. The highest BCUT2D eigenvalue weighted by Gasteiger charge is 2.20. The summed E-state index contributed by atoms with van der Waals surface area (Å²) < 4.78 is 2.28. The van der Waals surface area contributed by atoms with Crippen molar-refractivity contribution in [3.05, 3.63) is 64.8 Å². The van der Waals surface area contributed by atoms with E-state index in [9.17, 15) is 0 Å². The molecule has 0 spiro atoms. The summed E-state index contributed by atoms with van der Waals surface area (Å²) in [5, 5.41) is 2.68. The Morgan fingerprint density at radius 1 is 0.889 bits per heavy atom. The molecule has 3 aromatic rings. The minimum absolute atomic E-state index is 0.304. The number of nitrogens with zero attached hydrogens (tertiary/aromatic N) is 1. The predicted octanol–water partition coefficient (Wildman–Crippen LogP) is 6.35. The van der Waals surface area contributed by atoms with Gasteiger partial charge in [-0.1, -0.05) is 52.8 Å². The fraction of sp³-hybridized carbons (Fsp3) is 0.423. The Morgan fingerprint density at radius 2 is 1.63 bits per heavy atom. The normalized spacial score (nSPS) is 12.0. The average Bonchev–Trinajstić information content (AvgIpc) is 2.61. The van der Waals surface area contributed by atoms with Gasteiger partial charge in [0, 0.05) is 6.07 Å². The van der Waals surface area contributed by atoms with E-state index in [4.69, 9.17) is 0 Å². The van der Waals surface area contributed by atoms with Gasteiger partial charge >= 0.3 is 0 Å². The molecule has 0 aliphatic heterocycles. The number of aryl methyl sites for hydroxylation is 3. The summed E-state index contributed by atoms with van der Waals surface area (Å²) in [4.78, 5) is 0. The summed E-state index contributed by atoms with van der Waals surface area (Å²) in [6, 6.07) is 14.1. The molecule has 142 valence electrons. The number of benzene rings is 2. The van der Waals surface area contributed by atoms with Crippen molar-refractivity contribution in [2.45, 2.75) is 60.8 Å². The lowest BCUT2D eigenvalue weighted by Crippen LogP contribution is -2.31. The number of aromatic nitrogens is 1. The van der Waals surface area contributed by atoms with Crippen LogP contribution in [0.5, 0.6) is 0 Å². The standard InChI is InChI=1S/C26H34N/c1-8-19-14-21(9-2)18(3)24(16-19)25-23-11-10-20(17-26(4,5)6)15-22(23)12-13-27(25)7/h10-16H,8-9,17H2,1-7H3/q+1. The number of rotatable bonds is 4. The van der Waals surface area contributed by atoms with Crippen LogP contribution in [0.25, 0.3) is 22.0 Å². The first-order chi connectivity index (χ1) is 12.7. The fourth-order valence-electron chi connectivity index (χ4n) is 4.14. The van der Waals surface area contributed by atoms with Crippen molar-refractivity contribution in [2.24, 2.45) is 12.5 Å². The van der Waals surface area contributed by atoms with Crippen molar-refractivity contribution in [2.75, 3.05) is 0 Å². The molecule has 3 rings (SSSR count). The van der Waals surface area contributed by atoms with Crippen LogP contribution in [-0.4, -0.2) is 0 Å². The third-order valence-electron chi connectivity index (χ3n) is 5.56. The monoisotopic (exact) mass is 360 g/mol. The summed E-state index contributed by atoms with van der Waals surface area (Å²) in [5.41, 5.74) is 8.73. The quantitative estimate of drug-likeness (QED) is 0.477. The lowest BCUT2D eigenvalue weighted by atomic mass is 9.87. The first-order valence-corrected chi connectivity index (χ1v) is 10.3. The van der Waals surface area contributed by atoms with Crippen molar-refractivity contribution in [3.63, 3.8) is 0 Å². The van der Waals surface area contributed by atoms with Crippen LogP contribution < -0.4 is 4.57 Å². The molecule has 0 N–H and O–H groups in total. The fourth-order valence-corrected chi connectivity index (χ4v) is 4.14. The molecule has 0 aliphatic carbocycles. The molecule has 27 heavy (non-hydrogen) atoms. The molecule has 0 amide bonds. The van der Waals surface area contributed by atoms with Gasteiger partial charge in [-0.15, -0.1) is 0 Å². The Hall–Kier alpha value is -2.15. The van der Waals surface area contributed by atoms with E-state index in [1.165, 1.54) is 44.3 Å². The molecular formula is C26H34N+. The molecule has 0 aliphatic rings. The molecule has 2 aromatic carbocycles. The van der Waals surface area contributed by atoms with Gasteiger partial charge in [0.2, 0.25) is 5.69 Å². The molecule has 1 aromatic heterocycles. The maximum absolute atomic E-state index is 2.40. The van der Waals surface area contributed by atoms with Gasteiger partial charge in [0.25, 0.3) is 0 Å². The SMILES string of the molecule is CCc1cc(CC)c(C)c(-c2c3ccc(CC(C)(C)C)cc3cc[n+]2C)c1. The van der Waals surface area contributed by atoms with Gasteiger partial charge in [-0.3, -0.25) is 0 Å². The van der Waals surface area contributed by atoms with Crippen LogP contribution in [0, 0.1) is 12.3 Å². The summed E-state index contributed by atoms with van der Waals surface area (Å²) in [5.74, 6) is 0. The smallest absolute Gasteiger partial charge is 0.200 e. The Balaban J connectivity index is 2.24. The second-order valence-corrected chi connectivity index (χ2v) is 9.07. The van der Waals surface area contributed by atoms with E-state index in [2.05, 4.69) is 95.8 Å². The van der Waals surface area contributed by atoms with Gasteiger partial charge < -0.3 is 0 Å². The molecule has 0 radical (unpaired) electrons. The molecule has 0 saturated carbocycles. The van der Waals surface area contributed by atoms with Crippen molar-refractivity contribution in [1.82, 2.24) is 0 Å². The molecule has 1 nitrogen and oxygen atoms in total. The Bertz CT molecular complexity index is 974. The van der Waals surface area contributed by atoms with E-state index < -0.39 is 0 Å². The van der Waals surface area contributed by atoms with E-state index >= 15 is 0 Å². The lowest BCUT2D eigenvalue weighted by molar-refractivity contribution is -0.659. The molecule has 1 heterocycles. The highest BCUT2D eigenvalue weighted by molar-refractivity contribution is 5.94. The van der Waals surface area contributed by atoms with Gasteiger partial charge in [0.15, 0.2) is 6.20 Å². The highest BCUT2D eigenvalue weighted by atomic mass is 14.9. The number of hydrogen-bond donors (Lipinski definition) is 0. The summed E-state index contributed by atoms with van der Waals surface area (Å²) in [6.45, 7) is 13.7. The second-order valence-electron chi connectivity index (χ2n) is 9.07. The zero-order valence-corrected chi connectivity index (χ0v) is 18.1. The summed E-state index contributed by atoms with van der Waals surface area (Å²) in [7, 11) is 2.17. The first kappa shape index (κ1) is 19.6. The van der Waals surface area contributed by atoms with Crippen LogP contribution >= 0.6 is 0 Å². The average molecular weight is 361 g/mol. The maximum Gasteiger partial charge on any atom is 0.220 e.